The van der Waals surface area contributed by atoms with Crippen LogP contribution in [0.4, 0.5) is 22.4 Å². The molecule has 0 saturated carbocycles. The molecule has 0 bridgehead atoms. The summed E-state index contributed by atoms with van der Waals surface area (Å²) < 4.78 is 51.9. The van der Waals surface area contributed by atoms with Gasteiger partial charge in [0.05, 0.1) is 35.9 Å². The lowest BCUT2D eigenvalue weighted by Gasteiger charge is -2.37. The number of hydrogen-bond donors (Lipinski definition) is 2. The van der Waals surface area contributed by atoms with Crippen molar-refractivity contribution >= 4 is 12.0 Å². The first-order chi connectivity index (χ1) is 14.6. The molecule has 7 nitrogen and oxygen atoms in total. The number of aromatic nitrogens is 2. The van der Waals surface area contributed by atoms with Crippen LogP contribution < -0.4 is 5.32 Å². The summed E-state index contributed by atoms with van der Waals surface area (Å²) in [6.45, 7) is 9.49. The largest absolute Gasteiger partial charge is 0.465 e. The predicted octanol–water partition coefficient (Wildman–Crippen LogP) is 4.76. The van der Waals surface area contributed by atoms with Crippen molar-refractivity contribution in [3.8, 4) is 0 Å². The highest BCUT2D eigenvalue weighted by Crippen LogP contribution is 2.28. The van der Waals surface area contributed by atoms with Crippen LogP contribution in [-0.2, 0) is 4.79 Å². The van der Waals surface area contributed by atoms with Crippen molar-refractivity contribution in [1.29, 1.82) is 0 Å². The fourth-order valence-corrected chi connectivity index (χ4v) is 3.01. The Kier molecular flexibility index (Phi) is 9.10. The van der Waals surface area contributed by atoms with Crippen molar-refractivity contribution in [3.05, 3.63) is 59.2 Å². The minimum atomic E-state index is -1.18. The molecular weight excluding hydrogens is 432 g/mol. The Bertz CT molecular complexity index is 967. The molecule has 2 atom stereocenters. The minimum Gasteiger partial charge on any atom is -0.465 e. The molecule has 0 aromatic carbocycles. The molecule has 0 saturated heterocycles. The maximum absolute atomic E-state index is 13.6. The Labute approximate surface area is 183 Å². The molecular formula is C21H26F4N4O3. The number of rotatable bonds is 4. The van der Waals surface area contributed by atoms with E-state index in [1.165, 1.54) is 13.8 Å². The van der Waals surface area contributed by atoms with Crippen molar-refractivity contribution in [2.45, 2.75) is 59.2 Å². The summed E-state index contributed by atoms with van der Waals surface area (Å²) in [6.07, 6.45) is 0.606. The molecule has 2 aromatic rings. The fraction of sp³-hybridized carbons (Fsp3) is 0.429. The summed E-state index contributed by atoms with van der Waals surface area (Å²) in [6, 6.07) is 0.0681. The van der Waals surface area contributed by atoms with Crippen molar-refractivity contribution in [2.24, 2.45) is 0 Å². The molecule has 32 heavy (non-hydrogen) atoms. The highest BCUT2D eigenvalue weighted by atomic mass is 19.1. The maximum atomic E-state index is 13.6. The van der Waals surface area contributed by atoms with Gasteiger partial charge in [-0.2, -0.15) is 0 Å². The van der Waals surface area contributed by atoms with Crippen molar-refractivity contribution in [1.82, 2.24) is 20.2 Å². The maximum Gasteiger partial charge on any atom is 0.408 e. The second-order valence-electron chi connectivity index (χ2n) is 7.96. The van der Waals surface area contributed by atoms with E-state index < -0.39 is 47.0 Å². The zero-order chi connectivity index (χ0) is 24.8. The van der Waals surface area contributed by atoms with E-state index >= 15 is 0 Å². The Morgan fingerprint density at radius 1 is 0.969 bits per heavy atom. The monoisotopic (exact) mass is 458 g/mol. The summed E-state index contributed by atoms with van der Waals surface area (Å²) in [7, 11) is 0. The van der Waals surface area contributed by atoms with E-state index in [0.717, 1.165) is 23.4 Å². The van der Waals surface area contributed by atoms with Crippen molar-refractivity contribution in [3.63, 3.8) is 0 Å². The lowest BCUT2D eigenvalue weighted by atomic mass is 10.0. The molecule has 0 radical (unpaired) electrons. The van der Waals surface area contributed by atoms with Crippen LogP contribution in [0.1, 0.15) is 65.0 Å². The summed E-state index contributed by atoms with van der Waals surface area (Å²) >= 11 is 0. The number of carboxylic acid groups (broad SMARTS) is 1. The third-order valence-corrected chi connectivity index (χ3v) is 4.21. The number of halogens is 4. The fourth-order valence-electron chi connectivity index (χ4n) is 3.01. The Morgan fingerprint density at radius 3 is 1.75 bits per heavy atom. The standard InChI is InChI=1S/C12H16F2N2O2.C9H10F2N2O/c1-7(16(11(17)18)12(2,3)4)10-9(14)5-8(13)6-15-10;1-5(13-6(2)14)9-8(11)3-7(10)4-12-9/h5-7H,1-4H3,(H,17,18);3-5H,1-2H3,(H,13,14). The van der Waals surface area contributed by atoms with Gasteiger partial charge >= 0.3 is 6.09 Å². The van der Waals surface area contributed by atoms with E-state index in [1.807, 2.05) is 0 Å². The average Bonchev–Trinajstić information content (AvgIpc) is 2.59. The normalized spacial score (nSPS) is 12.8. The molecule has 0 aliphatic rings. The van der Waals surface area contributed by atoms with Gasteiger partial charge < -0.3 is 10.4 Å². The number of carbonyl (C=O) groups is 2. The van der Waals surface area contributed by atoms with Gasteiger partial charge in [0, 0.05) is 24.6 Å². The van der Waals surface area contributed by atoms with Gasteiger partial charge in [0.1, 0.15) is 23.3 Å². The van der Waals surface area contributed by atoms with Gasteiger partial charge in [0.15, 0.2) is 0 Å². The van der Waals surface area contributed by atoms with Crippen LogP contribution in [0.2, 0.25) is 0 Å². The van der Waals surface area contributed by atoms with E-state index in [-0.39, 0.29) is 17.3 Å². The van der Waals surface area contributed by atoms with Crippen LogP contribution in [0.5, 0.6) is 0 Å². The number of pyridine rings is 2. The van der Waals surface area contributed by atoms with Gasteiger partial charge in [-0.25, -0.2) is 22.4 Å². The topological polar surface area (TPSA) is 95.4 Å². The van der Waals surface area contributed by atoms with Gasteiger partial charge in [-0.1, -0.05) is 0 Å². The predicted molar refractivity (Wildman–Crippen MR) is 109 cm³/mol. The zero-order valence-electron chi connectivity index (χ0n) is 18.6. The zero-order valence-corrected chi connectivity index (χ0v) is 18.6. The molecule has 2 heterocycles. The van der Waals surface area contributed by atoms with E-state index in [9.17, 15) is 32.3 Å². The molecule has 2 aromatic heterocycles. The van der Waals surface area contributed by atoms with E-state index in [2.05, 4.69) is 15.3 Å². The quantitative estimate of drug-likeness (QED) is 0.645. The van der Waals surface area contributed by atoms with Crippen molar-refractivity contribution < 1.29 is 32.3 Å². The number of nitrogens with zero attached hydrogens (tertiary/aromatic N) is 3. The van der Waals surface area contributed by atoms with Crippen LogP contribution in [0.15, 0.2) is 24.5 Å². The first-order valence-corrected chi connectivity index (χ1v) is 9.56. The van der Waals surface area contributed by atoms with Crippen molar-refractivity contribution in [2.75, 3.05) is 0 Å². The molecule has 11 heteroatoms. The Balaban J connectivity index is 0.000000330. The van der Waals surface area contributed by atoms with Crippen LogP contribution in [0.25, 0.3) is 0 Å². The van der Waals surface area contributed by atoms with E-state index in [0.29, 0.717) is 6.07 Å². The first-order valence-electron chi connectivity index (χ1n) is 9.56. The smallest absolute Gasteiger partial charge is 0.408 e. The molecule has 0 fully saturated rings. The molecule has 2 amide bonds. The molecule has 0 spiro atoms. The second kappa shape index (κ2) is 10.9. The molecule has 2 N–H and O–H groups in total. The minimum absolute atomic E-state index is 0.0293. The Hall–Kier alpha value is -3.24. The van der Waals surface area contributed by atoms with E-state index in [4.69, 9.17) is 0 Å². The van der Waals surface area contributed by atoms with Gasteiger partial charge in [-0.15, -0.1) is 0 Å². The van der Waals surface area contributed by atoms with Crippen LogP contribution in [0.3, 0.4) is 0 Å². The van der Waals surface area contributed by atoms with Crippen LogP contribution >= 0.6 is 0 Å². The number of hydrogen-bond acceptors (Lipinski definition) is 4. The third-order valence-electron chi connectivity index (χ3n) is 4.21. The highest BCUT2D eigenvalue weighted by Gasteiger charge is 2.33. The molecule has 0 aliphatic carbocycles. The number of amides is 2. The average molecular weight is 458 g/mol. The lowest BCUT2D eigenvalue weighted by molar-refractivity contribution is -0.119. The van der Waals surface area contributed by atoms with Gasteiger partial charge in [0.25, 0.3) is 0 Å². The second-order valence-corrected chi connectivity index (χ2v) is 7.96. The number of nitrogens with one attached hydrogen (secondary N) is 1. The summed E-state index contributed by atoms with van der Waals surface area (Å²) in [5.41, 5.74) is -0.774. The lowest BCUT2D eigenvalue weighted by Crippen LogP contribution is -2.46. The first kappa shape index (κ1) is 26.8. The number of carbonyl (C=O) groups excluding carboxylic acids is 1. The summed E-state index contributed by atoms with van der Waals surface area (Å²) in [5.74, 6) is -3.42. The molecule has 2 rings (SSSR count). The highest BCUT2D eigenvalue weighted by molar-refractivity contribution is 5.73. The van der Waals surface area contributed by atoms with Crippen LogP contribution in [-0.4, -0.2) is 37.5 Å². The van der Waals surface area contributed by atoms with Crippen LogP contribution in [0, 0.1) is 23.3 Å². The van der Waals surface area contributed by atoms with Gasteiger partial charge in [-0.05, 0) is 34.6 Å². The van der Waals surface area contributed by atoms with E-state index in [1.54, 1.807) is 27.7 Å². The Morgan fingerprint density at radius 2 is 1.41 bits per heavy atom. The summed E-state index contributed by atoms with van der Waals surface area (Å²) in [4.78, 5) is 30.2. The SMILES string of the molecule is CC(=O)NC(C)c1ncc(F)cc1F.CC(c1ncc(F)cc1F)N(C(=O)O)C(C)(C)C. The molecule has 0 aliphatic heterocycles. The van der Waals surface area contributed by atoms with Gasteiger partial charge in [-0.3, -0.25) is 19.7 Å². The molecule has 176 valence electrons. The summed E-state index contributed by atoms with van der Waals surface area (Å²) in [5, 5.41) is 11.6. The molecule has 2 unspecified atom stereocenters. The van der Waals surface area contributed by atoms with Gasteiger partial charge in [0.2, 0.25) is 5.91 Å². The third kappa shape index (κ3) is 7.47.